The molecule has 0 saturated heterocycles. The number of ether oxygens (including phenoxy) is 2. The molecule has 0 atom stereocenters. The molecule has 1 aromatic carbocycles. The highest BCUT2D eigenvalue weighted by Crippen LogP contribution is 2.31. The van der Waals surface area contributed by atoms with Gasteiger partial charge in [0.05, 0.1) is 18.2 Å². The molecule has 0 unspecified atom stereocenters. The van der Waals surface area contributed by atoms with Gasteiger partial charge in [-0.15, -0.1) is 0 Å². The lowest BCUT2D eigenvalue weighted by atomic mass is 10.2. The number of benzene rings is 1. The zero-order chi connectivity index (χ0) is 13.4. The van der Waals surface area contributed by atoms with Gasteiger partial charge in [0.25, 0.3) is 0 Å². The SMILES string of the molecule is CCOC(=O)CCCCOc1cccc(Cl)c1Cl. The Hall–Kier alpha value is -0.930. The van der Waals surface area contributed by atoms with E-state index in [1.165, 1.54) is 0 Å². The van der Waals surface area contributed by atoms with Crippen molar-refractivity contribution in [2.45, 2.75) is 26.2 Å². The van der Waals surface area contributed by atoms with Crippen LogP contribution >= 0.6 is 23.2 Å². The molecule has 0 spiro atoms. The smallest absolute Gasteiger partial charge is 0.305 e. The molecule has 3 nitrogen and oxygen atoms in total. The van der Waals surface area contributed by atoms with Crippen molar-refractivity contribution in [3.63, 3.8) is 0 Å². The van der Waals surface area contributed by atoms with Crippen molar-refractivity contribution in [3.8, 4) is 5.75 Å². The topological polar surface area (TPSA) is 35.5 Å². The summed E-state index contributed by atoms with van der Waals surface area (Å²) in [6.07, 6.45) is 1.92. The number of halogens is 2. The van der Waals surface area contributed by atoms with Gasteiger partial charge in [-0.3, -0.25) is 4.79 Å². The number of rotatable bonds is 7. The molecule has 0 heterocycles. The van der Waals surface area contributed by atoms with Gasteiger partial charge < -0.3 is 9.47 Å². The molecule has 1 aromatic rings. The first kappa shape index (κ1) is 15.1. The number of unbranched alkanes of at least 4 members (excludes halogenated alkanes) is 1. The lowest BCUT2D eigenvalue weighted by molar-refractivity contribution is -0.143. The molecule has 5 heteroatoms. The van der Waals surface area contributed by atoms with E-state index in [1.54, 1.807) is 25.1 Å². The van der Waals surface area contributed by atoms with Crippen molar-refractivity contribution < 1.29 is 14.3 Å². The summed E-state index contributed by atoms with van der Waals surface area (Å²) >= 11 is 11.8. The summed E-state index contributed by atoms with van der Waals surface area (Å²) in [6.45, 7) is 2.72. The minimum atomic E-state index is -0.168. The molecule has 0 aromatic heterocycles. The first-order valence-electron chi connectivity index (χ1n) is 5.87. The minimum Gasteiger partial charge on any atom is -0.492 e. The van der Waals surface area contributed by atoms with E-state index in [4.69, 9.17) is 32.7 Å². The van der Waals surface area contributed by atoms with Crippen molar-refractivity contribution in [3.05, 3.63) is 28.2 Å². The molecule has 0 bridgehead atoms. The van der Waals surface area contributed by atoms with E-state index in [2.05, 4.69) is 0 Å². The lowest BCUT2D eigenvalue weighted by Crippen LogP contribution is -2.05. The van der Waals surface area contributed by atoms with Crippen molar-refractivity contribution in [2.75, 3.05) is 13.2 Å². The maximum atomic E-state index is 11.1. The second-order valence-electron chi connectivity index (χ2n) is 3.66. The van der Waals surface area contributed by atoms with E-state index in [-0.39, 0.29) is 5.97 Å². The second kappa shape index (κ2) is 8.22. The maximum absolute atomic E-state index is 11.1. The lowest BCUT2D eigenvalue weighted by Gasteiger charge is -2.08. The van der Waals surface area contributed by atoms with E-state index < -0.39 is 0 Å². The predicted molar refractivity (Wildman–Crippen MR) is 72.4 cm³/mol. The molecule has 0 N–H and O–H groups in total. The summed E-state index contributed by atoms with van der Waals surface area (Å²) in [4.78, 5) is 11.1. The highest BCUT2D eigenvalue weighted by Gasteiger charge is 2.05. The van der Waals surface area contributed by atoms with Crippen LogP contribution in [0.3, 0.4) is 0 Å². The summed E-state index contributed by atoms with van der Waals surface area (Å²) in [6, 6.07) is 5.25. The van der Waals surface area contributed by atoms with Crippen LogP contribution in [0.5, 0.6) is 5.75 Å². The molecule has 1 rings (SSSR count). The van der Waals surface area contributed by atoms with Gasteiger partial charge in [0, 0.05) is 6.42 Å². The van der Waals surface area contributed by atoms with Gasteiger partial charge >= 0.3 is 5.97 Å². The molecule has 18 heavy (non-hydrogen) atoms. The number of hydrogen-bond donors (Lipinski definition) is 0. The average Bonchev–Trinajstić information content (AvgIpc) is 2.34. The van der Waals surface area contributed by atoms with E-state index >= 15 is 0 Å². The zero-order valence-electron chi connectivity index (χ0n) is 10.2. The van der Waals surface area contributed by atoms with Crippen LogP contribution in [0.15, 0.2) is 18.2 Å². The summed E-state index contributed by atoms with van der Waals surface area (Å²) in [5.74, 6) is 0.401. The normalized spacial score (nSPS) is 10.2. The minimum absolute atomic E-state index is 0.168. The Bertz CT molecular complexity index is 394. The number of esters is 1. The molecule has 0 saturated carbocycles. The van der Waals surface area contributed by atoms with Crippen LogP contribution in [-0.2, 0) is 9.53 Å². The molecular formula is C13H16Cl2O3. The summed E-state index contributed by atoms with van der Waals surface area (Å²) in [5, 5.41) is 0.894. The van der Waals surface area contributed by atoms with Gasteiger partial charge in [0.1, 0.15) is 10.8 Å². The Labute approximate surface area is 117 Å². The molecule has 0 radical (unpaired) electrons. The van der Waals surface area contributed by atoms with Crippen LogP contribution in [-0.4, -0.2) is 19.2 Å². The average molecular weight is 291 g/mol. The first-order chi connectivity index (χ1) is 8.65. The van der Waals surface area contributed by atoms with E-state index in [0.29, 0.717) is 35.4 Å². The third-order valence-corrected chi connectivity index (χ3v) is 3.06. The fraction of sp³-hybridized carbons (Fsp3) is 0.462. The molecular weight excluding hydrogens is 275 g/mol. The Morgan fingerprint density at radius 2 is 2.06 bits per heavy atom. The molecule has 100 valence electrons. The Balaban J connectivity index is 2.22. The second-order valence-corrected chi connectivity index (χ2v) is 4.45. The third kappa shape index (κ3) is 5.15. The number of hydrogen-bond acceptors (Lipinski definition) is 3. The highest BCUT2D eigenvalue weighted by molar-refractivity contribution is 6.42. The van der Waals surface area contributed by atoms with Crippen molar-refractivity contribution >= 4 is 29.2 Å². The van der Waals surface area contributed by atoms with Crippen LogP contribution in [0.2, 0.25) is 10.0 Å². The molecule has 0 amide bonds. The number of carbonyl (C=O) groups excluding carboxylic acids is 1. The van der Waals surface area contributed by atoms with Crippen LogP contribution in [0.25, 0.3) is 0 Å². The van der Waals surface area contributed by atoms with Gasteiger partial charge in [0.15, 0.2) is 0 Å². The Morgan fingerprint density at radius 3 is 2.78 bits per heavy atom. The highest BCUT2D eigenvalue weighted by atomic mass is 35.5. The van der Waals surface area contributed by atoms with E-state index in [9.17, 15) is 4.79 Å². The molecule has 0 fully saturated rings. The third-order valence-electron chi connectivity index (χ3n) is 2.25. The quantitative estimate of drug-likeness (QED) is 0.560. The summed E-state index contributed by atoms with van der Waals surface area (Å²) < 4.78 is 10.3. The van der Waals surface area contributed by atoms with Crippen LogP contribution in [0.4, 0.5) is 0 Å². The van der Waals surface area contributed by atoms with Crippen LogP contribution in [0, 0.1) is 0 Å². The van der Waals surface area contributed by atoms with Gasteiger partial charge in [-0.1, -0.05) is 29.3 Å². The molecule has 0 aliphatic heterocycles. The monoisotopic (exact) mass is 290 g/mol. The Kier molecular flexibility index (Phi) is 6.91. The molecule has 0 aliphatic carbocycles. The molecule has 0 aliphatic rings. The fourth-order valence-electron chi connectivity index (χ4n) is 1.38. The van der Waals surface area contributed by atoms with Crippen LogP contribution < -0.4 is 4.74 Å². The summed E-state index contributed by atoms with van der Waals surface area (Å²) in [7, 11) is 0. The predicted octanol–water partition coefficient (Wildman–Crippen LogP) is 4.11. The van der Waals surface area contributed by atoms with Gasteiger partial charge in [0.2, 0.25) is 0 Å². The van der Waals surface area contributed by atoms with E-state index in [1.807, 2.05) is 0 Å². The first-order valence-corrected chi connectivity index (χ1v) is 6.63. The standard InChI is InChI=1S/C13H16Cl2O3/c1-2-17-12(16)8-3-4-9-18-11-7-5-6-10(14)13(11)15/h5-7H,2-4,8-9H2,1H3. The van der Waals surface area contributed by atoms with Crippen molar-refractivity contribution in [1.29, 1.82) is 0 Å². The Morgan fingerprint density at radius 1 is 1.28 bits per heavy atom. The van der Waals surface area contributed by atoms with Crippen molar-refractivity contribution in [2.24, 2.45) is 0 Å². The zero-order valence-corrected chi connectivity index (χ0v) is 11.8. The maximum Gasteiger partial charge on any atom is 0.305 e. The van der Waals surface area contributed by atoms with Crippen molar-refractivity contribution in [1.82, 2.24) is 0 Å². The largest absolute Gasteiger partial charge is 0.492 e. The van der Waals surface area contributed by atoms with Gasteiger partial charge in [-0.2, -0.15) is 0 Å². The van der Waals surface area contributed by atoms with Gasteiger partial charge in [-0.25, -0.2) is 0 Å². The number of carbonyl (C=O) groups is 1. The van der Waals surface area contributed by atoms with Gasteiger partial charge in [-0.05, 0) is 31.9 Å². The fourth-order valence-corrected chi connectivity index (χ4v) is 1.73. The van der Waals surface area contributed by atoms with E-state index in [0.717, 1.165) is 12.8 Å². The van der Waals surface area contributed by atoms with Crippen LogP contribution in [0.1, 0.15) is 26.2 Å². The summed E-state index contributed by atoms with van der Waals surface area (Å²) in [5.41, 5.74) is 0.